The third-order valence-corrected chi connectivity index (χ3v) is 8.68. The Hall–Kier alpha value is -1.84. The van der Waals surface area contributed by atoms with Gasteiger partial charge in [-0.25, -0.2) is 9.97 Å². The molecular formula is C23H29N3O. The molecule has 1 aromatic rings. The fourth-order valence-corrected chi connectivity index (χ4v) is 7.25. The van der Waals surface area contributed by atoms with Crippen molar-refractivity contribution in [3.63, 3.8) is 0 Å². The number of hydrogen-bond donors (Lipinski definition) is 0. The molecule has 2 saturated carbocycles. The standard InChI is InChI=1S/C23H29N3O/c1-22-9-7-17(26-27)11-16(22)3-4-18-20-6-5-19(15-12-24-14-25-13-15)23(20,2)10-8-21(18)22/h5,11-14,17-18,20-21H,3-4,6-10H2,1-2H3/t17?,18-,20-,21-,22-,23+/m0/s1. The van der Waals surface area contributed by atoms with E-state index in [-0.39, 0.29) is 16.9 Å². The zero-order valence-electron chi connectivity index (χ0n) is 16.4. The van der Waals surface area contributed by atoms with Crippen LogP contribution in [0.5, 0.6) is 0 Å². The molecule has 0 bridgehead atoms. The molecule has 0 aliphatic heterocycles. The van der Waals surface area contributed by atoms with Crippen LogP contribution in [0.3, 0.4) is 0 Å². The van der Waals surface area contributed by atoms with Crippen LogP contribution in [0, 0.1) is 33.5 Å². The van der Waals surface area contributed by atoms with Gasteiger partial charge in [-0.15, -0.1) is 0 Å². The summed E-state index contributed by atoms with van der Waals surface area (Å²) in [7, 11) is 0. The molecule has 1 heterocycles. The lowest BCUT2D eigenvalue weighted by Gasteiger charge is -2.58. The summed E-state index contributed by atoms with van der Waals surface area (Å²) in [5, 5.41) is 3.33. The second kappa shape index (κ2) is 6.08. The van der Waals surface area contributed by atoms with E-state index in [0.29, 0.717) is 0 Å². The Morgan fingerprint density at radius 1 is 1.04 bits per heavy atom. The minimum Gasteiger partial charge on any atom is -0.244 e. The van der Waals surface area contributed by atoms with E-state index in [1.165, 1.54) is 42.4 Å². The van der Waals surface area contributed by atoms with Crippen molar-refractivity contribution in [3.05, 3.63) is 46.9 Å². The van der Waals surface area contributed by atoms with E-state index in [1.54, 1.807) is 6.33 Å². The van der Waals surface area contributed by atoms with E-state index >= 15 is 0 Å². The van der Waals surface area contributed by atoms with Gasteiger partial charge in [-0.1, -0.05) is 36.7 Å². The van der Waals surface area contributed by atoms with Crippen molar-refractivity contribution in [2.45, 2.75) is 64.8 Å². The van der Waals surface area contributed by atoms with Crippen molar-refractivity contribution in [3.8, 4) is 0 Å². The van der Waals surface area contributed by atoms with Crippen LogP contribution in [0.4, 0.5) is 0 Å². The van der Waals surface area contributed by atoms with Gasteiger partial charge in [-0.2, -0.15) is 4.91 Å². The predicted molar refractivity (Wildman–Crippen MR) is 107 cm³/mol. The topological polar surface area (TPSA) is 55.2 Å². The lowest BCUT2D eigenvalue weighted by molar-refractivity contribution is -0.0226. The highest BCUT2D eigenvalue weighted by atomic mass is 16.3. The molecule has 0 amide bonds. The molecular weight excluding hydrogens is 334 g/mol. The van der Waals surface area contributed by atoms with Crippen LogP contribution >= 0.6 is 0 Å². The number of nitrogens with zero attached hydrogens (tertiary/aromatic N) is 3. The lowest BCUT2D eigenvalue weighted by Crippen LogP contribution is -2.50. The highest BCUT2D eigenvalue weighted by Crippen LogP contribution is 2.66. The molecule has 0 N–H and O–H groups in total. The normalized spacial score (nSPS) is 43.0. The summed E-state index contributed by atoms with van der Waals surface area (Å²) in [6, 6.07) is -0.0867. The van der Waals surface area contributed by atoms with Crippen LogP contribution < -0.4 is 0 Å². The van der Waals surface area contributed by atoms with Gasteiger partial charge in [0.1, 0.15) is 12.4 Å². The Balaban J connectivity index is 1.46. The summed E-state index contributed by atoms with van der Waals surface area (Å²) in [5.74, 6) is 2.26. The van der Waals surface area contributed by atoms with Gasteiger partial charge >= 0.3 is 0 Å². The zero-order chi connectivity index (χ0) is 18.6. The molecule has 142 valence electrons. The summed E-state index contributed by atoms with van der Waals surface area (Å²) in [6.07, 6.45) is 18.5. The van der Waals surface area contributed by atoms with Crippen LogP contribution in [0.25, 0.3) is 5.57 Å². The molecule has 1 unspecified atom stereocenters. The Kier molecular flexibility index (Phi) is 3.89. The van der Waals surface area contributed by atoms with Crippen LogP contribution in [0.2, 0.25) is 0 Å². The van der Waals surface area contributed by atoms with Gasteiger partial charge in [0.2, 0.25) is 0 Å². The molecule has 4 aliphatic rings. The molecule has 0 saturated heterocycles. The molecule has 1 aromatic heterocycles. The maximum Gasteiger partial charge on any atom is 0.115 e. The van der Waals surface area contributed by atoms with Crippen molar-refractivity contribution in [2.75, 3.05) is 0 Å². The molecule has 4 heteroatoms. The van der Waals surface area contributed by atoms with E-state index in [0.717, 1.165) is 37.0 Å². The number of allylic oxidation sites excluding steroid dienone is 3. The molecule has 2 fully saturated rings. The van der Waals surface area contributed by atoms with Gasteiger partial charge in [0, 0.05) is 18.0 Å². The molecule has 0 spiro atoms. The molecule has 0 aromatic carbocycles. The van der Waals surface area contributed by atoms with Crippen molar-refractivity contribution < 1.29 is 0 Å². The van der Waals surface area contributed by atoms with Gasteiger partial charge in [0.25, 0.3) is 0 Å². The second-order valence-electron chi connectivity index (χ2n) is 9.67. The van der Waals surface area contributed by atoms with Crippen molar-refractivity contribution in [2.24, 2.45) is 33.8 Å². The Labute approximate surface area is 161 Å². The summed E-state index contributed by atoms with van der Waals surface area (Å²) in [6.45, 7) is 4.97. The zero-order valence-corrected chi connectivity index (χ0v) is 16.4. The lowest BCUT2D eigenvalue weighted by atomic mass is 9.46. The Bertz CT molecular complexity index is 816. The van der Waals surface area contributed by atoms with Crippen molar-refractivity contribution >= 4 is 5.57 Å². The van der Waals surface area contributed by atoms with Crippen molar-refractivity contribution in [1.82, 2.24) is 9.97 Å². The highest BCUT2D eigenvalue weighted by Gasteiger charge is 2.57. The minimum absolute atomic E-state index is 0.0867. The molecule has 4 nitrogen and oxygen atoms in total. The van der Waals surface area contributed by atoms with E-state index in [2.05, 4.69) is 41.1 Å². The number of aromatic nitrogens is 2. The summed E-state index contributed by atoms with van der Waals surface area (Å²) < 4.78 is 0. The number of rotatable bonds is 2. The maximum absolute atomic E-state index is 11.1. The van der Waals surface area contributed by atoms with Crippen LogP contribution in [0.15, 0.2) is 41.6 Å². The third-order valence-electron chi connectivity index (χ3n) is 8.68. The highest BCUT2D eigenvalue weighted by molar-refractivity contribution is 5.72. The van der Waals surface area contributed by atoms with E-state index < -0.39 is 0 Å². The Morgan fingerprint density at radius 3 is 2.59 bits per heavy atom. The van der Waals surface area contributed by atoms with Gasteiger partial charge in [0.15, 0.2) is 0 Å². The number of fused-ring (bicyclic) bond motifs is 5. The van der Waals surface area contributed by atoms with Gasteiger partial charge in [-0.05, 0) is 79.1 Å². The second-order valence-corrected chi connectivity index (χ2v) is 9.67. The quantitative estimate of drug-likeness (QED) is 0.510. The molecule has 27 heavy (non-hydrogen) atoms. The molecule has 0 radical (unpaired) electrons. The first-order valence-electron chi connectivity index (χ1n) is 10.6. The van der Waals surface area contributed by atoms with Crippen LogP contribution in [0.1, 0.15) is 64.4 Å². The minimum atomic E-state index is -0.0867. The molecule has 5 rings (SSSR count). The monoisotopic (exact) mass is 363 g/mol. The third kappa shape index (κ3) is 2.41. The van der Waals surface area contributed by atoms with Crippen LogP contribution in [-0.2, 0) is 0 Å². The first-order chi connectivity index (χ1) is 13.1. The summed E-state index contributed by atoms with van der Waals surface area (Å²) in [4.78, 5) is 19.6. The fraction of sp³-hybridized carbons (Fsp3) is 0.652. The van der Waals surface area contributed by atoms with E-state index in [1.807, 2.05) is 12.4 Å². The molecule has 6 atom stereocenters. The first-order valence-corrected chi connectivity index (χ1v) is 10.6. The number of nitroso groups, excluding NO2 is 1. The largest absolute Gasteiger partial charge is 0.244 e. The Morgan fingerprint density at radius 2 is 1.81 bits per heavy atom. The van der Waals surface area contributed by atoms with Gasteiger partial charge < -0.3 is 0 Å². The average Bonchev–Trinajstić information content (AvgIpc) is 3.05. The van der Waals surface area contributed by atoms with Crippen molar-refractivity contribution in [1.29, 1.82) is 0 Å². The first kappa shape index (κ1) is 17.3. The SMILES string of the molecule is C[C@]12CCC(N=O)C=C1CC[C@@H]1[C@@H]2CC[C@]2(C)C(c3cncnc3)=CC[C@@H]12. The smallest absolute Gasteiger partial charge is 0.115 e. The summed E-state index contributed by atoms with van der Waals surface area (Å²) >= 11 is 0. The van der Waals surface area contributed by atoms with E-state index in [4.69, 9.17) is 0 Å². The average molecular weight is 364 g/mol. The van der Waals surface area contributed by atoms with E-state index in [9.17, 15) is 4.91 Å². The molecule has 4 aliphatic carbocycles. The fourth-order valence-electron chi connectivity index (χ4n) is 7.25. The van der Waals surface area contributed by atoms with Crippen LogP contribution in [-0.4, -0.2) is 16.0 Å². The van der Waals surface area contributed by atoms with Gasteiger partial charge in [-0.3, -0.25) is 0 Å². The maximum atomic E-state index is 11.1. The number of hydrogen-bond acceptors (Lipinski definition) is 4. The predicted octanol–water partition coefficient (Wildman–Crippen LogP) is 5.57. The van der Waals surface area contributed by atoms with Gasteiger partial charge in [0.05, 0.1) is 0 Å². The summed E-state index contributed by atoms with van der Waals surface area (Å²) in [5.41, 5.74) is 4.76.